The van der Waals surface area contributed by atoms with Crippen molar-refractivity contribution >= 4 is 17.5 Å². The summed E-state index contributed by atoms with van der Waals surface area (Å²) in [4.78, 5) is 15.6. The molecule has 0 unspecified atom stereocenters. The van der Waals surface area contributed by atoms with Gasteiger partial charge >= 0.3 is 0 Å². The van der Waals surface area contributed by atoms with Gasteiger partial charge in [-0.15, -0.1) is 5.10 Å². The molecule has 23 heavy (non-hydrogen) atoms. The van der Waals surface area contributed by atoms with Crippen molar-refractivity contribution in [3.8, 4) is 17.2 Å². The fourth-order valence-electron chi connectivity index (χ4n) is 2.12. The lowest BCUT2D eigenvalue weighted by Crippen LogP contribution is -2.11. The van der Waals surface area contributed by atoms with E-state index in [1.165, 1.54) is 0 Å². The van der Waals surface area contributed by atoms with E-state index in [2.05, 4.69) is 34.3 Å². The first-order valence-electron chi connectivity index (χ1n) is 7.14. The molecule has 0 bridgehead atoms. The molecule has 8 heteroatoms. The molecule has 0 fully saturated rings. The van der Waals surface area contributed by atoms with E-state index in [9.17, 15) is 4.79 Å². The van der Waals surface area contributed by atoms with Crippen LogP contribution in [0.1, 0.15) is 26.3 Å². The van der Waals surface area contributed by atoms with Crippen molar-refractivity contribution in [2.24, 2.45) is 0 Å². The Labute approximate surface area is 132 Å². The normalized spacial score (nSPS) is 10.9. The van der Waals surface area contributed by atoms with Crippen LogP contribution in [0, 0.1) is 11.3 Å². The highest BCUT2D eigenvalue weighted by molar-refractivity contribution is 5.90. The van der Waals surface area contributed by atoms with Crippen molar-refractivity contribution < 1.29 is 4.79 Å². The van der Waals surface area contributed by atoms with Crippen LogP contribution < -0.4 is 5.32 Å². The quantitative estimate of drug-likeness (QED) is 0.794. The van der Waals surface area contributed by atoms with Crippen LogP contribution >= 0.6 is 0 Å². The predicted octanol–water partition coefficient (Wildman–Crippen LogP) is 2.03. The molecule has 3 aromatic heterocycles. The molecule has 1 amide bonds. The van der Waals surface area contributed by atoms with Crippen molar-refractivity contribution in [2.45, 2.75) is 26.3 Å². The van der Waals surface area contributed by atoms with Gasteiger partial charge in [0.25, 0.3) is 0 Å². The lowest BCUT2D eigenvalue weighted by atomic mass is 10.2. The number of hydrogen-bond donors (Lipinski definition) is 1. The minimum absolute atomic E-state index is 0.181. The van der Waals surface area contributed by atoms with Crippen LogP contribution in [0.25, 0.3) is 16.8 Å². The second kappa shape index (κ2) is 5.88. The Kier molecular flexibility index (Phi) is 3.76. The fraction of sp³-hybridized carbons (Fsp3) is 0.267. The molecule has 3 heterocycles. The molecule has 1 N–H and O–H groups in total. The second-order valence-electron chi connectivity index (χ2n) is 5.34. The number of nitrogens with one attached hydrogen (secondary N) is 1. The third kappa shape index (κ3) is 3.03. The number of pyridine rings is 1. The first-order valence-corrected chi connectivity index (χ1v) is 7.14. The molecule has 0 aliphatic rings. The molecule has 0 aromatic carbocycles. The highest BCUT2D eigenvalue weighted by Crippen LogP contribution is 2.20. The topological polar surface area (TPSA) is 101 Å². The van der Waals surface area contributed by atoms with Gasteiger partial charge < -0.3 is 0 Å². The van der Waals surface area contributed by atoms with E-state index in [0.29, 0.717) is 11.7 Å². The number of carbonyl (C=O) groups excluding carboxylic acids is 1. The molecular weight excluding hydrogens is 294 g/mol. The summed E-state index contributed by atoms with van der Waals surface area (Å²) in [6, 6.07) is 5.81. The Morgan fingerprint density at radius 2 is 2.17 bits per heavy atom. The smallest absolute Gasteiger partial charge is 0.249 e. The van der Waals surface area contributed by atoms with Crippen molar-refractivity contribution in [3.05, 3.63) is 30.7 Å². The maximum absolute atomic E-state index is 11.4. The van der Waals surface area contributed by atoms with Crippen LogP contribution in [0.5, 0.6) is 0 Å². The van der Waals surface area contributed by atoms with E-state index in [-0.39, 0.29) is 12.4 Å². The summed E-state index contributed by atoms with van der Waals surface area (Å²) in [5.74, 6) is -0.248. The van der Waals surface area contributed by atoms with Crippen molar-refractivity contribution in [1.29, 1.82) is 5.26 Å². The molecule has 0 saturated carbocycles. The molecule has 8 nitrogen and oxygen atoms in total. The zero-order valence-corrected chi connectivity index (χ0v) is 12.8. The molecule has 0 spiro atoms. The van der Waals surface area contributed by atoms with Crippen molar-refractivity contribution in [1.82, 2.24) is 24.4 Å². The number of carbonyl (C=O) groups is 1. The van der Waals surface area contributed by atoms with Gasteiger partial charge in [0.05, 0.1) is 12.3 Å². The number of anilines is 1. The van der Waals surface area contributed by atoms with Gasteiger partial charge in [0.1, 0.15) is 6.42 Å². The Hall–Kier alpha value is -3.21. The Balaban J connectivity index is 1.89. The summed E-state index contributed by atoms with van der Waals surface area (Å²) in [6.45, 7) is 4.13. The SMILES string of the molecule is CC(C)n1cc(-c2ccc3nc(NC(=O)CC#N)nn3c2)cn1. The number of aromatic nitrogens is 5. The van der Waals surface area contributed by atoms with E-state index in [1.807, 2.05) is 29.2 Å². The first kappa shape index (κ1) is 14.7. The minimum Gasteiger partial charge on any atom is -0.292 e. The summed E-state index contributed by atoms with van der Waals surface area (Å²) in [5, 5.41) is 19.5. The zero-order chi connectivity index (χ0) is 16.4. The largest absolute Gasteiger partial charge is 0.292 e. The van der Waals surface area contributed by atoms with E-state index in [4.69, 9.17) is 5.26 Å². The van der Waals surface area contributed by atoms with Gasteiger partial charge in [-0.25, -0.2) is 4.52 Å². The highest BCUT2D eigenvalue weighted by Gasteiger charge is 2.10. The molecule has 0 radical (unpaired) electrons. The van der Waals surface area contributed by atoms with Crippen LogP contribution in [-0.4, -0.2) is 30.3 Å². The Morgan fingerprint density at radius 3 is 2.87 bits per heavy atom. The summed E-state index contributed by atoms with van der Waals surface area (Å²) in [5.41, 5.74) is 2.53. The Bertz CT molecular complexity index is 900. The van der Waals surface area contributed by atoms with Gasteiger partial charge in [-0.2, -0.15) is 15.3 Å². The van der Waals surface area contributed by atoms with Crippen molar-refractivity contribution in [3.63, 3.8) is 0 Å². The average Bonchev–Trinajstić information content (AvgIpc) is 3.12. The van der Waals surface area contributed by atoms with Crippen LogP contribution in [0.3, 0.4) is 0 Å². The lowest BCUT2D eigenvalue weighted by Gasteiger charge is -2.03. The maximum Gasteiger partial charge on any atom is 0.249 e. The molecule has 0 aliphatic heterocycles. The standard InChI is InChI=1S/C15H15N7O/c1-10(2)21-9-12(7-17-21)11-3-4-13-18-15(20-22(13)8-11)19-14(23)5-6-16/h3-4,7-10H,5H2,1-2H3,(H,19,20,23). The third-order valence-corrected chi connectivity index (χ3v) is 3.29. The number of fused-ring (bicyclic) bond motifs is 1. The van der Waals surface area contributed by atoms with Gasteiger partial charge in [-0.1, -0.05) is 0 Å². The monoisotopic (exact) mass is 309 g/mol. The van der Waals surface area contributed by atoms with Gasteiger partial charge in [-0.05, 0) is 26.0 Å². The van der Waals surface area contributed by atoms with Gasteiger partial charge in [0.15, 0.2) is 5.65 Å². The second-order valence-corrected chi connectivity index (χ2v) is 5.34. The molecule has 3 aromatic rings. The molecular formula is C15H15N7O. The van der Waals surface area contributed by atoms with Gasteiger partial charge in [0.2, 0.25) is 11.9 Å². The van der Waals surface area contributed by atoms with Crippen LogP contribution in [0.4, 0.5) is 5.95 Å². The number of amides is 1. The number of hydrogen-bond acceptors (Lipinski definition) is 5. The number of nitrogens with zero attached hydrogens (tertiary/aromatic N) is 6. The zero-order valence-electron chi connectivity index (χ0n) is 12.8. The summed E-state index contributed by atoms with van der Waals surface area (Å²) >= 11 is 0. The maximum atomic E-state index is 11.4. The van der Waals surface area contributed by atoms with Crippen LogP contribution in [0.15, 0.2) is 30.7 Å². The third-order valence-electron chi connectivity index (χ3n) is 3.29. The van der Waals surface area contributed by atoms with Gasteiger partial charge in [0, 0.05) is 29.6 Å². The first-order chi connectivity index (χ1) is 11.1. The predicted molar refractivity (Wildman–Crippen MR) is 83.5 cm³/mol. The molecule has 0 atom stereocenters. The average molecular weight is 309 g/mol. The summed E-state index contributed by atoms with van der Waals surface area (Å²) < 4.78 is 3.47. The van der Waals surface area contributed by atoms with Gasteiger partial charge in [-0.3, -0.25) is 14.8 Å². The number of nitriles is 1. The fourth-order valence-corrected chi connectivity index (χ4v) is 2.12. The molecule has 116 valence electrons. The lowest BCUT2D eigenvalue weighted by molar-refractivity contribution is -0.115. The van der Waals surface area contributed by atoms with E-state index >= 15 is 0 Å². The highest BCUT2D eigenvalue weighted by atomic mass is 16.1. The van der Waals surface area contributed by atoms with Crippen LogP contribution in [0.2, 0.25) is 0 Å². The van der Waals surface area contributed by atoms with Crippen molar-refractivity contribution in [2.75, 3.05) is 5.32 Å². The molecule has 3 rings (SSSR count). The minimum atomic E-state index is -0.429. The van der Waals surface area contributed by atoms with E-state index < -0.39 is 5.91 Å². The van der Waals surface area contributed by atoms with E-state index in [1.54, 1.807) is 16.8 Å². The molecule has 0 saturated heterocycles. The number of rotatable bonds is 4. The Morgan fingerprint density at radius 1 is 1.35 bits per heavy atom. The summed E-state index contributed by atoms with van der Waals surface area (Å²) in [7, 11) is 0. The van der Waals surface area contributed by atoms with E-state index in [0.717, 1.165) is 11.1 Å². The van der Waals surface area contributed by atoms with Crippen LogP contribution in [-0.2, 0) is 4.79 Å². The molecule has 0 aliphatic carbocycles. The summed E-state index contributed by atoms with van der Waals surface area (Å²) in [6.07, 6.45) is 5.37.